The highest BCUT2D eigenvalue weighted by Crippen LogP contribution is 2.49. The van der Waals surface area contributed by atoms with Crippen LogP contribution in [0.4, 0.5) is 0 Å². The van der Waals surface area contributed by atoms with Crippen molar-refractivity contribution in [1.82, 2.24) is 4.98 Å². The fraction of sp³-hybridized carbons (Fsp3) is 0.389. The molecule has 20 heavy (non-hydrogen) atoms. The molecule has 0 bridgehead atoms. The van der Waals surface area contributed by atoms with Gasteiger partial charge in [0, 0.05) is 17.8 Å². The van der Waals surface area contributed by atoms with Gasteiger partial charge in [0.15, 0.2) is 0 Å². The predicted octanol–water partition coefficient (Wildman–Crippen LogP) is 3.94. The lowest BCUT2D eigenvalue weighted by Crippen LogP contribution is -2.30. The maximum Gasteiger partial charge on any atom is 0.0901 e. The van der Waals surface area contributed by atoms with Crippen LogP contribution in [0.2, 0.25) is 0 Å². The van der Waals surface area contributed by atoms with Crippen molar-refractivity contribution in [2.75, 3.05) is 0 Å². The summed E-state index contributed by atoms with van der Waals surface area (Å²) in [4.78, 5) is 4.24. The second-order valence-corrected chi connectivity index (χ2v) is 5.93. The third-order valence-corrected chi connectivity index (χ3v) is 4.58. The van der Waals surface area contributed by atoms with E-state index in [2.05, 4.69) is 35.3 Å². The second kappa shape index (κ2) is 5.37. The average molecular weight is 267 g/mol. The Morgan fingerprint density at radius 2 is 1.80 bits per heavy atom. The number of aliphatic hydroxyl groups is 1. The Morgan fingerprint density at radius 1 is 1.10 bits per heavy atom. The molecular formula is C18H21NO. The molecule has 104 valence electrons. The molecule has 1 unspecified atom stereocenters. The van der Waals surface area contributed by atoms with Crippen molar-refractivity contribution in [2.24, 2.45) is 0 Å². The minimum Gasteiger partial charge on any atom is -0.387 e. The van der Waals surface area contributed by atoms with Gasteiger partial charge in [-0.15, -0.1) is 0 Å². The van der Waals surface area contributed by atoms with Crippen LogP contribution >= 0.6 is 0 Å². The van der Waals surface area contributed by atoms with E-state index in [1.807, 2.05) is 19.2 Å². The van der Waals surface area contributed by atoms with Crippen LogP contribution in [-0.2, 0) is 5.41 Å². The van der Waals surface area contributed by atoms with Crippen molar-refractivity contribution in [1.29, 1.82) is 0 Å². The van der Waals surface area contributed by atoms with E-state index >= 15 is 0 Å². The maximum absolute atomic E-state index is 11.0. The van der Waals surface area contributed by atoms with Gasteiger partial charge < -0.3 is 5.11 Å². The third kappa shape index (κ3) is 2.25. The zero-order valence-electron chi connectivity index (χ0n) is 11.9. The predicted molar refractivity (Wildman–Crippen MR) is 80.5 cm³/mol. The van der Waals surface area contributed by atoms with Crippen molar-refractivity contribution >= 4 is 0 Å². The fourth-order valence-electron chi connectivity index (χ4n) is 3.54. The molecule has 1 aliphatic carbocycles. The highest BCUT2D eigenvalue weighted by molar-refractivity contribution is 5.33. The van der Waals surface area contributed by atoms with Crippen LogP contribution in [0.25, 0.3) is 0 Å². The summed E-state index contributed by atoms with van der Waals surface area (Å²) in [6.07, 6.45) is 7.63. The number of rotatable bonds is 3. The highest BCUT2D eigenvalue weighted by atomic mass is 16.3. The van der Waals surface area contributed by atoms with E-state index in [1.54, 1.807) is 6.20 Å². The summed E-state index contributed by atoms with van der Waals surface area (Å²) in [5.41, 5.74) is 3.15. The molecule has 2 aromatic rings. The second-order valence-electron chi connectivity index (χ2n) is 5.93. The Labute approximate surface area is 120 Å². The van der Waals surface area contributed by atoms with E-state index in [0.717, 1.165) is 24.0 Å². The van der Waals surface area contributed by atoms with Crippen LogP contribution < -0.4 is 0 Å². The minimum absolute atomic E-state index is 0.142. The average Bonchev–Trinajstić information content (AvgIpc) is 2.98. The molecule has 0 saturated heterocycles. The lowest BCUT2D eigenvalue weighted by atomic mass is 9.72. The van der Waals surface area contributed by atoms with Crippen molar-refractivity contribution in [3.8, 4) is 0 Å². The Bertz CT molecular complexity index is 573. The number of hydrogen-bond donors (Lipinski definition) is 1. The normalized spacial score (nSPS) is 18.9. The highest BCUT2D eigenvalue weighted by Gasteiger charge is 2.42. The molecule has 2 heteroatoms. The molecule has 1 saturated carbocycles. The fourth-order valence-corrected chi connectivity index (χ4v) is 3.54. The van der Waals surface area contributed by atoms with E-state index in [4.69, 9.17) is 0 Å². The molecule has 1 aromatic carbocycles. The first-order valence-electron chi connectivity index (χ1n) is 7.37. The van der Waals surface area contributed by atoms with E-state index in [1.165, 1.54) is 18.4 Å². The maximum atomic E-state index is 11.0. The van der Waals surface area contributed by atoms with E-state index in [9.17, 15) is 5.11 Å². The van der Waals surface area contributed by atoms with Crippen molar-refractivity contribution in [3.05, 3.63) is 65.5 Å². The number of aryl methyl sites for hydroxylation is 1. The topological polar surface area (TPSA) is 33.1 Å². The number of benzene rings is 1. The monoisotopic (exact) mass is 267 g/mol. The minimum atomic E-state index is -0.472. The van der Waals surface area contributed by atoms with Crippen LogP contribution in [0.1, 0.15) is 48.5 Å². The molecule has 0 amide bonds. The molecule has 2 nitrogen and oxygen atoms in total. The number of pyridine rings is 1. The summed E-state index contributed by atoms with van der Waals surface area (Å²) in [6, 6.07) is 12.5. The van der Waals surface area contributed by atoms with Crippen LogP contribution in [-0.4, -0.2) is 10.1 Å². The van der Waals surface area contributed by atoms with Gasteiger partial charge in [-0.05, 0) is 36.5 Å². The number of aliphatic hydroxyl groups excluding tert-OH is 1. The summed E-state index contributed by atoms with van der Waals surface area (Å²) >= 11 is 0. The zero-order chi connectivity index (χ0) is 14.0. The van der Waals surface area contributed by atoms with Gasteiger partial charge >= 0.3 is 0 Å². The summed E-state index contributed by atoms with van der Waals surface area (Å²) in [5, 5.41) is 11.0. The molecule has 0 spiro atoms. The quantitative estimate of drug-likeness (QED) is 0.914. The van der Waals surface area contributed by atoms with Gasteiger partial charge in [-0.1, -0.05) is 49.2 Å². The molecule has 3 rings (SSSR count). The largest absolute Gasteiger partial charge is 0.387 e. The number of nitrogens with zero attached hydrogens (tertiary/aromatic N) is 1. The van der Waals surface area contributed by atoms with Crippen molar-refractivity contribution in [3.63, 3.8) is 0 Å². The van der Waals surface area contributed by atoms with Crippen molar-refractivity contribution < 1.29 is 5.11 Å². The molecule has 1 aliphatic rings. The summed E-state index contributed by atoms with van der Waals surface area (Å²) in [7, 11) is 0. The van der Waals surface area contributed by atoms with Crippen LogP contribution in [0, 0.1) is 6.92 Å². The van der Waals surface area contributed by atoms with Gasteiger partial charge in [-0.25, -0.2) is 0 Å². The van der Waals surface area contributed by atoms with Gasteiger partial charge in [-0.3, -0.25) is 4.98 Å². The Hall–Kier alpha value is -1.67. The molecule has 0 aliphatic heterocycles. The lowest BCUT2D eigenvalue weighted by molar-refractivity contribution is 0.0818. The first-order chi connectivity index (χ1) is 9.72. The van der Waals surface area contributed by atoms with Crippen LogP contribution in [0.15, 0.2) is 48.8 Å². The number of aromatic nitrogens is 1. The molecule has 0 radical (unpaired) electrons. The molecule has 1 N–H and O–H groups in total. The lowest BCUT2D eigenvalue weighted by Gasteiger charge is -2.35. The first kappa shape index (κ1) is 13.3. The summed E-state index contributed by atoms with van der Waals surface area (Å²) < 4.78 is 0. The van der Waals surface area contributed by atoms with Gasteiger partial charge in [0.2, 0.25) is 0 Å². The SMILES string of the molecule is Cc1cncc(C(O)C2(c3ccccc3)CCCC2)c1. The summed E-state index contributed by atoms with van der Waals surface area (Å²) in [6.45, 7) is 2.02. The Morgan fingerprint density at radius 3 is 2.45 bits per heavy atom. The molecule has 1 atom stereocenters. The first-order valence-corrected chi connectivity index (χ1v) is 7.37. The zero-order valence-corrected chi connectivity index (χ0v) is 11.9. The molecular weight excluding hydrogens is 246 g/mol. The van der Waals surface area contributed by atoms with E-state index in [-0.39, 0.29) is 5.41 Å². The van der Waals surface area contributed by atoms with Gasteiger partial charge in [0.05, 0.1) is 6.10 Å². The van der Waals surface area contributed by atoms with Crippen LogP contribution in [0.5, 0.6) is 0 Å². The third-order valence-electron chi connectivity index (χ3n) is 4.58. The molecule has 1 aromatic heterocycles. The van der Waals surface area contributed by atoms with Gasteiger partial charge in [-0.2, -0.15) is 0 Å². The molecule has 1 heterocycles. The van der Waals surface area contributed by atoms with Crippen molar-refractivity contribution in [2.45, 2.75) is 44.1 Å². The van der Waals surface area contributed by atoms with Crippen LogP contribution in [0.3, 0.4) is 0 Å². The molecule has 1 fully saturated rings. The standard InChI is InChI=1S/C18H21NO/c1-14-11-15(13-19-12-14)17(20)18(9-5-6-10-18)16-7-3-2-4-8-16/h2-4,7-8,11-13,17,20H,5-6,9-10H2,1H3. The number of hydrogen-bond acceptors (Lipinski definition) is 2. The summed E-state index contributed by atoms with van der Waals surface area (Å²) in [5.74, 6) is 0. The smallest absolute Gasteiger partial charge is 0.0901 e. The van der Waals surface area contributed by atoms with Gasteiger partial charge in [0.1, 0.15) is 0 Å². The van der Waals surface area contributed by atoms with E-state index < -0.39 is 6.10 Å². The Balaban J connectivity index is 2.03. The Kier molecular flexibility index (Phi) is 3.58. The van der Waals surface area contributed by atoms with Gasteiger partial charge in [0.25, 0.3) is 0 Å². The van der Waals surface area contributed by atoms with E-state index in [0.29, 0.717) is 0 Å².